The summed E-state index contributed by atoms with van der Waals surface area (Å²) in [5.74, 6) is 0.674. The topological polar surface area (TPSA) is 70.2 Å². The summed E-state index contributed by atoms with van der Waals surface area (Å²) in [6.45, 7) is 1.86. The molecule has 1 aromatic heterocycles. The van der Waals surface area contributed by atoms with Crippen LogP contribution in [0.1, 0.15) is 11.3 Å². The Morgan fingerprint density at radius 1 is 1.50 bits per heavy atom. The van der Waals surface area contributed by atoms with Crippen LogP contribution in [0.3, 0.4) is 0 Å². The highest BCUT2D eigenvalue weighted by atomic mass is 79.9. The second-order valence-corrected chi connectivity index (χ2v) is 5.57. The molecule has 6 nitrogen and oxygen atoms in total. The van der Waals surface area contributed by atoms with Gasteiger partial charge in [-0.2, -0.15) is 5.10 Å². The number of nitrogens with zero attached hydrogens (tertiary/aromatic N) is 3. The molecular formula is C12H11Br2N3O3. The lowest BCUT2D eigenvalue weighted by atomic mass is 10.3. The van der Waals surface area contributed by atoms with Gasteiger partial charge in [0.15, 0.2) is 0 Å². The smallest absolute Gasteiger partial charge is 0.312 e. The van der Waals surface area contributed by atoms with E-state index in [1.165, 1.54) is 6.07 Å². The van der Waals surface area contributed by atoms with Gasteiger partial charge >= 0.3 is 5.69 Å². The number of alkyl halides is 1. The van der Waals surface area contributed by atoms with Gasteiger partial charge in [-0.1, -0.05) is 31.9 Å². The average molecular weight is 405 g/mol. The molecule has 0 amide bonds. The lowest BCUT2D eigenvalue weighted by Gasteiger charge is -2.08. The third-order valence-electron chi connectivity index (χ3n) is 2.75. The fourth-order valence-electron chi connectivity index (χ4n) is 1.79. The molecule has 1 aromatic carbocycles. The van der Waals surface area contributed by atoms with Crippen molar-refractivity contribution in [3.05, 3.63) is 44.0 Å². The lowest BCUT2D eigenvalue weighted by Crippen LogP contribution is -1.99. The standard InChI is InChI=1S/C12H11Br2N3O3/c1-7-9(6-13)12(16(2)15-7)20-11-4-3-8(14)5-10(11)17(18)19/h3-5H,6H2,1-2H3. The summed E-state index contributed by atoms with van der Waals surface area (Å²) in [7, 11) is 1.74. The maximum Gasteiger partial charge on any atom is 0.312 e. The Labute approximate surface area is 132 Å². The first-order valence-electron chi connectivity index (χ1n) is 5.64. The van der Waals surface area contributed by atoms with E-state index in [1.54, 1.807) is 23.9 Å². The van der Waals surface area contributed by atoms with Gasteiger partial charge in [-0.25, -0.2) is 4.68 Å². The Kier molecular flexibility index (Phi) is 4.44. The molecule has 2 aromatic rings. The van der Waals surface area contributed by atoms with Crippen molar-refractivity contribution >= 4 is 37.5 Å². The maximum atomic E-state index is 11.1. The van der Waals surface area contributed by atoms with Crippen molar-refractivity contribution in [3.8, 4) is 11.6 Å². The summed E-state index contributed by atoms with van der Waals surface area (Å²) in [6, 6.07) is 4.66. The van der Waals surface area contributed by atoms with Crippen molar-refractivity contribution in [1.29, 1.82) is 0 Å². The number of aromatic nitrogens is 2. The number of nitro groups is 1. The first kappa shape index (κ1) is 15.0. The summed E-state index contributed by atoms with van der Waals surface area (Å²) in [5, 5.41) is 15.9. The van der Waals surface area contributed by atoms with E-state index in [-0.39, 0.29) is 11.4 Å². The van der Waals surface area contributed by atoms with Crippen molar-refractivity contribution in [1.82, 2.24) is 9.78 Å². The summed E-state index contributed by atoms with van der Waals surface area (Å²) in [6.07, 6.45) is 0. The molecule has 0 aliphatic carbocycles. The summed E-state index contributed by atoms with van der Waals surface area (Å²) >= 11 is 6.58. The molecule has 0 aliphatic rings. The van der Waals surface area contributed by atoms with Gasteiger partial charge in [0.25, 0.3) is 0 Å². The highest BCUT2D eigenvalue weighted by molar-refractivity contribution is 9.10. The first-order chi connectivity index (χ1) is 9.43. The SMILES string of the molecule is Cc1nn(C)c(Oc2ccc(Br)cc2[N+](=O)[O-])c1CBr. The van der Waals surface area contributed by atoms with E-state index in [1.807, 2.05) is 6.92 Å². The van der Waals surface area contributed by atoms with Gasteiger partial charge in [0.05, 0.1) is 10.6 Å². The van der Waals surface area contributed by atoms with Gasteiger partial charge < -0.3 is 4.74 Å². The zero-order valence-corrected chi connectivity index (χ0v) is 13.9. The average Bonchev–Trinajstić information content (AvgIpc) is 2.65. The van der Waals surface area contributed by atoms with E-state index in [9.17, 15) is 10.1 Å². The number of rotatable bonds is 4. The van der Waals surface area contributed by atoms with Crippen LogP contribution in [-0.4, -0.2) is 14.7 Å². The van der Waals surface area contributed by atoms with Gasteiger partial charge in [0.2, 0.25) is 11.6 Å². The number of aryl methyl sites for hydroxylation is 2. The molecule has 0 saturated carbocycles. The molecule has 0 atom stereocenters. The molecular weight excluding hydrogens is 394 g/mol. The summed E-state index contributed by atoms with van der Waals surface area (Å²) < 4.78 is 7.90. The highest BCUT2D eigenvalue weighted by Crippen LogP contribution is 2.36. The van der Waals surface area contributed by atoms with Crippen molar-refractivity contribution in [2.24, 2.45) is 7.05 Å². The molecule has 0 unspecified atom stereocenters. The number of hydrogen-bond acceptors (Lipinski definition) is 4. The Morgan fingerprint density at radius 2 is 2.20 bits per heavy atom. The largest absolute Gasteiger partial charge is 0.432 e. The monoisotopic (exact) mass is 403 g/mol. The molecule has 0 aliphatic heterocycles. The molecule has 1 heterocycles. The van der Waals surface area contributed by atoms with Crippen molar-refractivity contribution < 1.29 is 9.66 Å². The second-order valence-electron chi connectivity index (χ2n) is 4.10. The van der Waals surface area contributed by atoms with Gasteiger partial charge in [-0.15, -0.1) is 0 Å². The molecule has 0 radical (unpaired) electrons. The van der Waals surface area contributed by atoms with Crippen LogP contribution in [0.15, 0.2) is 22.7 Å². The van der Waals surface area contributed by atoms with Crippen LogP contribution in [-0.2, 0) is 12.4 Å². The predicted octanol–water partition coefficient (Wildman–Crippen LogP) is 4.09. The minimum absolute atomic E-state index is 0.0984. The molecule has 106 valence electrons. The summed E-state index contributed by atoms with van der Waals surface area (Å²) in [4.78, 5) is 10.6. The van der Waals surface area contributed by atoms with Crippen LogP contribution in [0.4, 0.5) is 5.69 Å². The van der Waals surface area contributed by atoms with Gasteiger partial charge in [-0.05, 0) is 19.1 Å². The molecule has 0 saturated heterocycles. The molecule has 0 fully saturated rings. The molecule has 0 N–H and O–H groups in total. The van der Waals surface area contributed by atoms with Crippen LogP contribution in [0.25, 0.3) is 0 Å². The van der Waals surface area contributed by atoms with Crippen molar-refractivity contribution in [2.75, 3.05) is 0 Å². The fraction of sp³-hybridized carbons (Fsp3) is 0.250. The third-order valence-corrected chi connectivity index (χ3v) is 3.80. The molecule has 2 rings (SSSR count). The second kappa shape index (κ2) is 5.92. The van der Waals surface area contributed by atoms with Gasteiger partial charge in [-0.3, -0.25) is 10.1 Å². The van der Waals surface area contributed by atoms with Crippen molar-refractivity contribution in [2.45, 2.75) is 12.3 Å². The zero-order chi connectivity index (χ0) is 14.9. The Bertz CT molecular complexity index is 670. The van der Waals surface area contributed by atoms with Crippen LogP contribution in [0.2, 0.25) is 0 Å². The zero-order valence-electron chi connectivity index (χ0n) is 10.8. The first-order valence-corrected chi connectivity index (χ1v) is 7.55. The lowest BCUT2D eigenvalue weighted by molar-refractivity contribution is -0.385. The van der Waals surface area contributed by atoms with Gasteiger partial charge in [0, 0.05) is 28.5 Å². The van der Waals surface area contributed by atoms with Crippen molar-refractivity contribution in [3.63, 3.8) is 0 Å². The Morgan fingerprint density at radius 3 is 2.80 bits per heavy atom. The van der Waals surface area contributed by atoms with Crippen LogP contribution in [0.5, 0.6) is 11.6 Å². The van der Waals surface area contributed by atoms with E-state index in [2.05, 4.69) is 37.0 Å². The number of halogens is 2. The Balaban J connectivity index is 2.48. The molecule has 20 heavy (non-hydrogen) atoms. The van der Waals surface area contributed by atoms with Crippen LogP contribution >= 0.6 is 31.9 Å². The van der Waals surface area contributed by atoms with Crippen LogP contribution < -0.4 is 4.74 Å². The molecule has 8 heteroatoms. The minimum Gasteiger partial charge on any atom is -0.432 e. The van der Waals surface area contributed by atoms with Crippen LogP contribution in [0, 0.1) is 17.0 Å². The normalized spacial score (nSPS) is 10.6. The van der Waals surface area contributed by atoms with E-state index in [0.29, 0.717) is 15.7 Å². The summed E-state index contributed by atoms with van der Waals surface area (Å²) in [5.41, 5.74) is 1.59. The maximum absolute atomic E-state index is 11.1. The number of hydrogen-bond donors (Lipinski definition) is 0. The predicted molar refractivity (Wildman–Crippen MR) is 81.4 cm³/mol. The molecule has 0 spiro atoms. The molecule has 0 bridgehead atoms. The van der Waals surface area contributed by atoms with E-state index >= 15 is 0 Å². The van der Waals surface area contributed by atoms with E-state index < -0.39 is 4.92 Å². The quantitative estimate of drug-likeness (QED) is 0.437. The number of nitro benzene ring substituents is 1. The third kappa shape index (κ3) is 2.85. The minimum atomic E-state index is -0.475. The van der Waals surface area contributed by atoms with E-state index in [0.717, 1.165) is 11.3 Å². The Hall–Kier alpha value is -1.41. The number of benzene rings is 1. The van der Waals surface area contributed by atoms with Gasteiger partial charge in [0.1, 0.15) is 0 Å². The fourth-order valence-corrected chi connectivity index (χ4v) is 2.78. The van der Waals surface area contributed by atoms with E-state index in [4.69, 9.17) is 4.74 Å². The number of ether oxygens (including phenoxy) is 1. The highest BCUT2D eigenvalue weighted by Gasteiger charge is 2.20.